The molecule has 11 heteroatoms. The van der Waals surface area contributed by atoms with Crippen molar-refractivity contribution in [2.75, 3.05) is 6.61 Å². The zero-order valence-corrected chi connectivity index (χ0v) is 21.0. The first-order chi connectivity index (χ1) is 15.5. The van der Waals surface area contributed by atoms with Gasteiger partial charge in [0.1, 0.15) is 6.04 Å². The minimum absolute atomic E-state index is 0.0186. The van der Waals surface area contributed by atoms with Gasteiger partial charge in [-0.2, -0.15) is 0 Å². The number of benzene rings is 1. The number of hydrogen-bond acceptors (Lipinski definition) is 7. The highest BCUT2D eigenvalue weighted by Crippen LogP contribution is 2.60. The Kier molecular flexibility index (Phi) is 6.47. The molecule has 1 heterocycles. The van der Waals surface area contributed by atoms with Crippen LogP contribution >= 0.6 is 31.9 Å². The zero-order chi connectivity index (χ0) is 24.2. The number of amides is 2. The van der Waals surface area contributed by atoms with Crippen molar-refractivity contribution in [2.45, 2.75) is 36.0 Å². The van der Waals surface area contributed by atoms with E-state index in [-0.39, 0.29) is 44.6 Å². The number of nitro benzene ring substituents is 1. The van der Waals surface area contributed by atoms with Crippen LogP contribution in [0.3, 0.4) is 0 Å². The lowest BCUT2D eigenvalue weighted by atomic mass is 9.81. The highest BCUT2D eigenvalue weighted by molar-refractivity contribution is 9.12. The fraction of sp³-hybridized carbons (Fsp3) is 0.545. The maximum absolute atomic E-state index is 13.3. The van der Waals surface area contributed by atoms with Crippen molar-refractivity contribution in [2.24, 2.45) is 29.6 Å². The smallest absolute Gasteiger partial charge is 0.330 e. The van der Waals surface area contributed by atoms with Crippen LogP contribution in [0.5, 0.6) is 0 Å². The minimum atomic E-state index is -1.14. The number of fused-ring (bicyclic) bond motifs is 5. The number of likely N-dealkylation sites (tertiary alicyclic amines) is 1. The molecule has 7 atom stereocenters. The van der Waals surface area contributed by atoms with Gasteiger partial charge in [0.05, 0.1) is 16.8 Å². The van der Waals surface area contributed by atoms with Crippen LogP contribution in [0.1, 0.15) is 30.6 Å². The van der Waals surface area contributed by atoms with Crippen molar-refractivity contribution < 1.29 is 28.8 Å². The molecule has 4 rings (SSSR count). The van der Waals surface area contributed by atoms with Crippen molar-refractivity contribution in [1.29, 1.82) is 0 Å². The number of non-ortho nitro benzene ring substituents is 1. The van der Waals surface area contributed by atoms with Gasteiger partial charge < -0.3 is 4.74 Å². The lowest BCUT2D eigenvalue weighted by molar-refractivity contribution is -0.384. The molecular weight excluding hydrogens is 564 g/mol. The number of hydrogen-bond donors (Lipinski definition) is 0. The van der Waals surface area contributed by atoms with Crippen LogP contribution < -0.4 is 0 Å². The zero-order valence-electron chi connectivity index (χ0n) is 17.9. The average molecular weight is 586 g/mol. The summed E-state index contributed by atoms with van der Waals surface area (Å²) >= 11 is 7.27. The minimum Gasteiger partial charge on any atom is -0.456 e. The molecule has 0 unspecified atom stereocenters. The summed E-state index contributed by atoms with van der Waals surface area (Å²) in [5, 5.41) is 10.9. The second-order valence-corrected chi connectivity index (χ2v) is 11.2. The van der Waals surface area contributed by atoms with E-state index in [2.05, 4.69) is 31.9 Å². The molecule has 2 saturated carbocycles. The summed E-state index contributed by atoms with van der Waals surface area (Å²) in [5.74, 6) is -3.48. The maximum atomic E-state index is 13.3. The molecule has 1 saturated heterocycles. The largest absolute Gasteiger partial charge is 0.456 e. The number of nitrogens with zero attached hydrogens (tertiary/aromatic N) is 2. The van der Waals surface area contributed by atoms with Crippen LogP contribution in [0.4, 0.5) is 5.69 Å². The molecule has 2 aliphatic carbocycles. The number of carbonyl (C=O) groups excluding carboxylic acids is 4. The fourth-order valence-corrected chi connectivity index (χ4v) is 7.29. The first-order valence-corrected chi connectivity index (χ1v) is 12.5. The summed E-state index contributed by atoms with van der Waals surface area (Å²) < 4.78 is 5.20. The number of ether oxygens (including phenoxy) is 1. The summed E-state index contributed by atoms with van der Waals surface area (Å²) in [6.07, 6.45) is 0.779. The number of Topliss-reactive ketones (excluding diaryl/α,β-unsaturated/α-hetero) is 1. The molecule has 3 aliphatic rings. The van der Waals surface area contributed by atoms with Gasteiger partial charge in [-0.3, -0.25) is 29.4 Å². The van der Waals surface area contributed by atoms with E-state index in [0.717, 1.165) is 17.4 Å². The van der Waals surface area contributed by atoms with E-state index in [4.69, 9.17) is 4.74 Å². The molecule has 3 fully saturated rings. The first kappa shape index (κ1) is 24.0. The Hall–Kier alpha value is -2.14. The van der Waals surface area contributed by atoms with E-state index in [1.54, 1.807) is 13.8 Å². The standard InChI is InChI=1S/C22H22Br2N2O7/c1-9(2)19(22(30)33-8-14(27)10-4-3-5-11(6-10)26(31)32)25-20(28)15-12-7-13(16(15)21(25)29)18(24)17(12)23/h3-6,9,12-13,15-19H,7-8H2,1-2H3/t12-,13-,15-,16-,17+,18+,19-/m1/s1. The first-order valence-electron chi connectivity index (χ1n) is 10.6. The van der Waals surface area contributed by atoms with Gasteiger partial charge in [0.15, 0.2) is 6.61 Å². The third kappa shape index (κ3) is 3.92. The van der Waals surface area contributed by atoms with E-state index >= 15 is 0 Å². The number of ketones is 1. The lowest BCUT2D eigenvalue weighted by Gasteiger charge is -2.28. The second-order valence-electron chi connectivity index (χ2n) is 9.08. The van der Waals surface area contributed by atoms with Crippen molar-refractivity contribution in [3.63, 3.8) is 0 Å². The molecule has 1 aromatic rings. The van der Waals surface area contributed by atoms with Crippen molar-refractivity contribution in [1.82, 2.24) is 4.90 Å². The second kappa shape index (κ2) is 8.90. The number of carbonyl (C=O) groups is 4. The predicted molar refractivity (Wildman–Crippen MR) is 123 cm³/mol. The van der Waals surface area contributed by atoms with Gasteiger partial charge in [-0.05, 0) is 24.2 Å². The third-order valence-electron chi connectivity index (χ3n) is 6.90. The van der Waals surface area contributed by atoms with E-state index in [1.807, 2.05) is 0 Å². The molecule has 9 nitrogen and oxygen atoms in total. The predicted octanol–water partition coefficient (Wildman–Crippen LogP) is 3.12. The number of esters is 1. The number of halogens is 2. The Morgan fingerprint density at radius 1 is 1.15 bits per heavy atom. The molecule has 0 spiro atoms. The molecule has 33 heavy (non-hydrogen) atoms. The van der Waals surface area contributed by atoms with E-state index in [9.17, 15) is 29.3 Å². The summed E-state index contributed by atoms with van der Waals surface area (Å²) in [6.45, 7) is 2.76. The Labute approximate surface area is 206 Å². The fourth-order valence-electron chi connectivity index (χ4n) is 5.42. The monoisotopic (exact) mass is 584 g/mol. The molecule has 0 aromatic heterocycles. The Morgan fingerprint density at radius 2 is 1.73 bits per heavy atom. The summed E-state index contributed by atoms with van der Waals surface area (Å²) in [7, 11) is 0. The van der Waals surface area contributed by atoms with Crippen LogP contribution in [0, 0.1) is 39.7 Å². The normalized spacial score (nSPS) is 31.1. The molecule has 2 amide bonds. The highest BCUT2D eigenvalue weighted by Gasteiger charge is 2.67. The van der Waals surface area contributed by atoms with Crippen molar-refractivity contribution >= 4 is 61.1 Å². The molecule has 1 aliphatic heterocycles. The van der Waals surface area contributed by atoms with Gasteiger partial charge in [-0.25, -0.2) is 4.79 Å². The van der Waals surface area contributed by atoms with E-state index < -0.39 is 47.1 Å². The highest BCUT2D eigenvalue weighted by atomic mass is 79.9. The number of rotatable bonds is 7. The number of nitro groups is 1. The van der Waals surface area contributed by atoms with Gasteiger partial charge in [0.2, 0.25) is 17.6 Å². The molecule has 2 bridgehead atoms. The molecular formula is C22H22Br2N2O7. The van der Waals surface area contributed by atoms with Crippen LogP contribution in [0.15, 0.2) is 24.3 Å². The molecule has 0 radical (unpaired) electrons. The third-order valence-corrected chi connectivity index (χ3v) is 10.1. The van der Waals surface area contributed by atoms with Gasteiger partial charge in [0, 0.05) is 27.4 Å². The van der Waals surface area contributed by atoms with Crippen LogP contribution in [0.2, 0.25) is 0 Å². The SMILES string of the molecule is CC(C)[C@H](C(=O)OCC(=O)c1cccc([N+](=O)[O-])c1)N1C(=O)[C@@H]2[C@H]3C[C@@H]([C@H](Br)[C@H]3Br)[C@H]2C1=O. The van der Waals surface area contributed by atoms with Gasteiger partial charge in [0.25, 0.3) is 5.69 Å². The summed E-state index contributed by atoms with van der Waals surface area (Å²) in [6, 6.07) is 3.97. The number of alkyl halides is 2. The van der Waals surface area contributed by atoms with Crippen LogP contribution in [-0.2, 0) is 19.1 Å². The average Bonchev–Trinajstić information content (AvgIpc) is 3.38. The van der Waals surface area contributed by atoms with E-state index in [1.165, 1.54) is 18.2 Å². The number of imide groups is 1. The van der Waals surface area contributed by atoms with Crippen LogP contribution in [-0.4, -0.2) is 55.7 Å². The van der Waals surface area contributed by atoms with Crippen molar-refractivity contribution in [3.8, 4) is 0 Å². The van der Waals surface area contributed by atoms with Gasteiger partial charge in [-0.15, -0.1) is 0 Å². The topological polar surface area (TPSA) is 124 Å². The quantitative estimate of drug-likeness (QED) is 0.120. The van der Waals surface area contributed by atoms with Crippen molar-refractivity contribution in [3.05, 3.63) is 39.9 Å². The summed E-state index contributed by atoms with van der Waals surface area (Å²) in [4.78, 5) is 63.5. The Bertz CT molecular complexity index is 1010. The Morgan fingerprint density at radius 3 is 2.24 bits per heavy atom. The molecule has 1 aromatic carbocycles. The van der Waals surface area contributed by atoms with E-state index in [0.29, 0.717) is 0 Å². The van der Waals surface area contributed by atoms with Gasteiger partial charge in [-0.1, -0.05) is 57.8 Å². The maximum Gasteiger partial charge on any atom is 0.330 e. The Balaban J connectivity index is 1.49. The van der Waals surface area contributed by atoms with Gasteiger partial charge >= 0.3 is 5.97 Å². The molecule has 176 valence electrons. The molecule has 0 N–H and O–H groups in total. The van der Waals surface area contributed by atoms with Crippen LogP contribution in [0.25, 0.3) is 0 Å². The lowest BCUT2D eigenvalue weighted by Crippen LogP contribution is -2.50. The summed E-state index contributed by atoms with van der Waals surface area (Å²) in [5.41, 5.74) is -0.221.